The fourth-order valence-electron chi connectivity index (χ4n) is 2.78. The molecule has 0 unspecified atom stereocenters. The van der Waals surface area contributed by atoms with Gasteiger partial charge in [0.15, 0.2) is 11.5 Å². The molecule has 1 aromatic heterocycles. The lowest BCUT2D eigenvalue weighted by atomic mass is 10.1. The molecule has 0 aliphatic carbocycles. The zero-order valence-electron chi connectivity index (χ0n) is 16.5. The van der Waals surface area contributed by atoms with E-state index in [0.29, 0.717) is 36.1 Å². The third kappa shape index (κ3) is 5.68. The Bertz CT molecular complexity index is 931. The molecule has 29 heavy (non-hydrogen) atoms. The molecule has 0 saturated heterocycles. The molecule has 0 aliphatic rings. The summed E-state index contributed by atoms with van der Waals surface area (Å²) in [7, 11) is 3.20. The third-order valence-electron chi connectivity index (χ3n) is 4.35. The average Bonchev–Trinajstić information content (AvgIpc) is 2.78. The number of nitrogens with zero attached hydrogens (tertiary/aromatic N) is 2. The molecule has 1 heterocycles. The van der Waals surface area contributed by atoms with Crippen LogP contribution in [0.4, 0.5) is 5.95 Å². The number of aromatic nitrogens is 2. The standard InChI is InChI=1S/C22H24N4O3/c1-28-19-9-8-17(12-20(19)29-2)13-24-22-25-14-18(15-26-22)21(27)23-11-10-16-6-4-3-5-7-16/h3-9,12,14-15H,10-11,13H2,1-2H3,(H,23,27)(H,24,25,26). The summed E-state index contributed by atoms with van der Waals surface area (Å²) in [5.41, 5.74) is 2.60. The minimum atomic E-state index is -0.188. The van der Waals surface area contributed by atoms with Gasteiger partial charge in [-0.15, -0.1) is 0 Å². The van der Waals surface area contributed by atoms with Crippen molar-refractivity contribution in [3.05, 3.63) is 77.6 Å². The molecule has 1 amide bonds. The summed E-state index contributed by atoms with van der Waals surface area (Å²) in [6, 6.07) is 15.7. The molecule has 0 radical (unpaired) electrons. The van der Waals surface area contributed by atoms with Crippen molar-refractivity contribution in [3.63, 3.8) is 0 Å². The summed E-state index contributed by atoms with van der Waals surface area (Å²) in [6.07, 6.45) is 3.81. The third-order valence-corrected chi connectivity index (χ3v) is 4.35. The molecule has 0 aliphatic heterocycles. The van der Waals surface area contributed by atoms with Gasteiger partial charge in [0.2, 0.25) is 5.95 Å². The van der Waals surface area contributed by atoms with Crippen molar-refractivity contribution < 1.29 is 14.3 Å². The molecule has 0 spiro atoms. The van der Waals surface area contributed by atoms with Crippen LogP contribution in [0.3, 0.4) is 0 Å². The lowest BCUT2D eigenvalue weighted by Gasteiger charge is -2.10. The van der Waals surface area contributed by atoms with E-state index in [1.165, 1.54) is 18.0 Å². The van der Waals surface area contributed by atoms with Gasteiger partial charge < -0.3 is 20.1 Å². The van der Waals surface area contributed by atoms with Crippen molar-refractivity contribution in [1.29, 1.82) is 0 Å². The Morgan fingerprint density at radius 3 is 2.34 bits per heavy atom. The van der Waals surface area contributed by atoms with Crippen LogP contribution in [0.5, 0.6) is 11.5 Å². The summed E-state index contributed by atoms with van der Waals surface area (Å²) in [6.45, 7) is 1.07. The van der Waals surface area contributed by atoms with Gasteiger partial charge in [-0.1, -0.05) is 36.4 Å². The van der Waals surface area contributed by atoms with E-state index in [-0.39, 0.29) is 5.91 Å². The van der Waals surface area contributed by atoms with E-state index < -0.39 is 0 Å². The van der Waals surface area contributed by atoms with Crippen LogP contribution in [0.1, 0.15) is 21.5 Å². The minimum Gasteiger partial charge on any atom is -0.493 e. The van der Waals surface area contributed by atoms with Crippen molar-refractivity contribution in [2.75, 3.05) is 26.1 Å². The van der Waals surface area contributed by atoms with Gasteiger partial charge in [0.25, 0.3) is 5.91 Å². The monoisotopic (exact) mass is 392 g/mol. The van der Waals surface area contributed by atoms with Crippen LogP contribution in [0.2, 0.25) is 0 Å². The number of ether oxygens (including phenoxy) is 2. The van der Waals surface area contributed by atoms with Crippen molar-refractivity contribution >= 4 is 11.9 Å². The number of hydrogen-bond donors (Lipinski definition) is 2. The molecular weight excluding hydrogens is 368 g/mol. The van der Waals surface area contributed by atoms with Crippen LogP contribution in [0.15, 0.2) is 60.9 Å². The number of rotatable bonds is 9. The molecule has 3 aromatic rings. The number of benzene rings is 2. The van der Waals surface area contributed by atoms with Gasteiger partial charge in [0.05, 0.1) is 19.8 Å². The Labute approximate surface area is 170 Å². The van der Waals surface area contributed by atoms with Gasteiger partial charge in [-0.2, -0.15) is 0 Å². The maximum atomic E-state index is 12.2. The second kappa shape index (κ2) is 10.1. The molecule has 7 heteroatoms. The zero-order valence-corrected chi connectivity index (χ0v) is 16.5. The topological polar surface area (TPSA) is 85.4 Å². The van der Waals surface area contributed by atoms with Gasteiger partial charge >= 0.3 is 0 Å². The van der Waals surface area contributed by atoms with Gasteiger partial charge in [0, 0.05) is 25.5 Å². The number of hydrogen-bond acceptors (Lipinski definition) is 6. The number of carbonyl (C=O) groups excluding carboxylic acids is 1. The average molecular weight is 392 g/mol. The highest BCUT2D eigenvalue weighted by molar-refractivity contribution is 5.93. The zero-order chi connectivity index (χ0) is 20.5. The normalized spacial score (nSPS) is 10.3. The van der Waals surface area contributed by atoms with Crippen LogP contribution in [0, 0.1) is 0 Å². The SMILES string of the molecule is COc1ccc(CNc2ncc(C(=O)NCCc3ccccc3)cn2)cc1OC. The lowest BCUT2D eigenvalue weighted by molar-refractivity contribution is 0.0953. The first-order chi connectivity index (χ1) is 14.2. The van der Waals surface area contributed by atoms with Gasteiger partial charge in [-0.3, -0.25) is 4.79 Å². The van der Waals surface area contributed by atoms with E-state index in [9.17, 15) is 4.79 Å². The summed E-state index contributed by atoms with van der Waals surface area (Å²) in [5, 5.41) is 6.01. The first kappa shape index (κ1) is 20.1. The Balaban J connectivity index is 1.50. The van der Waals surface area contributed by atoms with Crippen molar-refractivity contribution in [2.24, 2.45) is 0 Å². The number of nitrogens with one attached hydrogen (secondary N) is 2. The fourth-order valence-corrected chi connectivity index (χ4v) is 2.78. The molecule has 2 N–H and O–H groups in total. The molecular formula is C22H24N4O3. The number of amides is 1. The highest BCUT2D eigenvalue weighted by atomic mass is 16.5. The Kier molecular flexibility index (Phi) is 7.00. The van der Waals surface area contributed by atoms with E-state index in [4.69, 9.17) is 9.47 Å². The van der Waals surface area contributed by atoms with Crippen molar-refractivity contribution in [3.8, 4) is 11.5 Å². The maximum Gasteiger partial charge on any atom is 0.254 e. The number of methoxy groups -OCH3 is 2. The summed E-state index contributed by atoms with van der Waals surface area (Å²) in [4.78, 5) is 20.7. The molecule has 3 rings (SSSR count). The van der Waals surface area contributed by atoms with E-state index >= 15 is 0 Å². The van der Waals surface area contributed by atoms with Gasteiger partial charge in [-0.05, 0) is 29.7 Å². The summed E-state index contributed by atoms with van der Waals surface area (Å²) >= 11 is 0. The van der Waals surface area contributed by atoms with Crippen molar-refractivity contribution in [2.45, 2.75) is 13.0 Å². The van der Waals surface area contributed by atoms with E-state index in [2.05, 4.69) is 20.6 Å². The van der Waals surface area contributed by atoms with Crippen LogP contribution in [-0.4, -0.2) is 36.6 Å². The van der Waals surface area contributed by atoms with Gasteiger partial charge in [0.1, 0.15) is 0 Å². The first-order valence-electron chi connectivity index (χ1n) is 9.28. The maximum absolute atomic E-state index is 12.2. The van der Waals surface area contributed by atoms with Crippen molar-refractivity contribution in [1.82, 2.24) is 15.3 Å². The van der Waals surface area contributed by atoms with Crippen LogP contribution < -0.4 is 20.1 Å². The second-order valence-corrected chi connectivity index (χ2v) is 6.33. The molecule has 7 nitrogen and oxygen atoms in total. The second-order valence-electron chi connectivity index (χ2n) is 6.33. The highest BCUT2D eigenvalue weighted by Gasteiger charge is 2.08. The van der Waals surface area contributed by atoms with E-state index in [1.807, 2.05) is 48.5 Å². The smallest absolute Gasteiger partial charge is 0.254 e. The number of carbonyl (C=O) groups is 1. The first-order valence-corrected chi connectivity index (χ1v) is 9.28. The predicted molar refractivity (Wildman–Crippen MR) is 111 cm³/mol. The number of anilines is 1. The fraction of sp³-hybridized carbons (Fsp3) is 0.227. The molecule has 150 valence electrons. The van der Waals surface area contributed by atoms with Crippen LogP contribution in [0.25, 0.3) is 0 Å². The lowest BCUT2D eigenvalue weighted by Crippen LogP contribution is -2.26. The van der Waals surface area contributed by atoms with E-state index in [0.717, 1.165) is 12.0 Å². The summed E-state index contributed by atoms with van der Waals surface area (Å²) in [5.74, 6) is 1.60. The summed E-state index contributed by atoms with van der Waals surface area (Å²) < 4.78 is 10.5. The van der Waals surface area contributed by atoms with Crippen LogP contribution >= 0.6 is 0 Å². The van der Waals surface area contributed by atoms with Crippen LogP contribution in [-0.2, 0) is 13.0 Å². The molecule has 2 aromatic carbocycles. The van der Waals surface area contributed by atoms with Gasteiger partial charge in [-0.25, -0.2) is 9.97 Å². The largest absolute Gasteiger partial charge is 0.493 e. The highest BCUT2D eigenvalue weighted by Crippen LogP contribution is 2.27. The Hall–Kier alpha value is -3.61. The molecule has 0 fully saturated rings. The Morgan fingerprint density at radius 2 is 1.66 bits per heavy atom. The Morgan fingerprint density at radius 1 is 0.931 bits per heavy atom. The minimum absolute atomic E-state index is 0.188. The molecule has 0 saturated carbocycles. The predicted octanol–water partition coefficient (Wildman–Crippen LogP) is 3.08. The molecule has 0 bridgehead atoms. The van der Waals surface area contributed by atoms with E-state index in [1.54, 1.807) is 14.2 Å². The quantitative estimate of drug-likeness (QED) is 0.582. The molecule has 0 atom stereocenters.